The van der Waals surface area contributed by atoms with Crippen LogP contribution in [0.15, 0.2) is 18.2 Å². The van der Waals surface area contributed by atoms with Crippen LogP contribution in [-0.2, 0) is 6.54 Å². The Hall–Kier alpha value is -1.27. The first kappa shape index (κ1) is 17.8. The summed E-state index contributed by atoms with van der Waals surface area (Å²) in [5, 5.41) is 14.3. The smallest absolute Gasteiger partial charge is 0.292 e. The van der Waals surface area contributed by atoms with Crippen molar-refractivity contribution in [2.45, 2.75) is 32.9 Å². The molecule has 1 rings (SSSR count). The average molecular weight is 311 g/mol. The monoisotopic (exact) mass is 311 g/mol. The Morgan fingerprint density at radius 2 is 2.19 bits per heavy atom. The van der Waals surface area contributed by atoms with Crippen LogP contribution in [0, 0.1) is 10.1 Å². The Kier molecular flexibility index (Phi) is 7.53. The van der Waals surface area contributed by atoms with Crippen LogP contribution in [0.25, 0.3) is 0 Å². The summed E-state index contributed by atoms with van der Waals surface area (Å²) in [4.78, 5) is 13.1. The second-order valence-corrected chi connectivity index (χ2v) is 6.17. The highest BCUT2D eigenvalue weighted by molar-refractivity contribution is 7.98. The van der Waals surface area contributed by atoms with Gasteiger partial charge < -0.3 is 5.32 Å². The Morgan fingerprint density at radius 3 is 2.76 bits per heavy atom. The quantitative estimate of drug-likeness (QED) is 0.558. The van der Waals surface area contributed by atoms with E-state index in [2.05, 4.69) is 30.4 Å². The highest BCUT2D eigenvalue weighted by atomic mass is 32.2. The van der Waals surface area contributed by atoms with E-state index < -0.39 is 0 Å². The molecule has 118 valence electrons. The number of benzene rings is 1. The van der Waals surface area contributed by atoms with Crippen molar-refractivity contribution >= 4 is 23.1 Å². The van der Waals surface area contributed by atoms with Crippen molar-refractivity contribution in [2.75, 3.05) is 30.9 Å². The van der Waals surface area contributed by atoms with E-state index in [0.717, 1.165) is 30.8 Å². The van der Waals surface area contributed by atoms with Crippen LogP contribution in [0.3, 0.4) is 0 Å². The molecular weight excluding hydrogens is 286 g/mol. The van der Waals surface area contributed by atoms with Gasteiger partial charge in [0.2, 0.25) is 0 Å². The molecule has 1 atom stereocenters. The summed E-state index contributed by atoms with van der Waals surface area (Å²) in [7, 11) is 2.05. The molecule has 0 saturated heterocycles. The molecule has 0 aliphatic heterocycles. The Labute approximate surface area is 131 Å². The van der Waals surface area contributed by atoms with Gasteiger partial charge in [0.1, 0.15) is 5.69 Å². The molecule has 0 spiro atoms. The van der Waals surface area contributed by atoms with Gasteiger partial charge in [-0.2, -0.15) is 11.8 Å². The van der Waals surface area contributed by atoms with Gasteiger partial charge in [0, 0.05) is 31.0 Å². The normalized spacial score (nSPS) is 12.4. The maximum absolute atomic E-state index is 11.2. The molecule has 0 bridgehead atoms. The number of nitro benzene ring substituents is 1. The summed E-state index contributed by atoms with van der Waals surface area (Å²) in [5.41, 5.74) is 1.73. The predicted molar refractivity (Wildman–Crippen MR) is 91.2 cm³/mol. The molecule has 1 aromatic carbocycles. The van der Waals surface area contributed by atoms with Crippen molar-refractivity contribution in [1.82, 2.24) is 4.90 Å². The summed E-state index contributed by atoms with van der Waals surface area (Å²) in [6, 6.07) is 5.90. The van der Waals surface area contributed by atoms with E-state index in [1.807, 2.05) is 30.8 Å². The Morgan fingerprint density at radius 1 is 1.48 bits per heavy atom. The van der Waals surface area contributed by atoms with Crippen LogP contribution in [0.4, 0.5) is 11.4 Å². The largest absolute Gasteiger partial charge is 0.380 e. The van der Waals surface area contributed by atoms with Crippen molar-refractivity contribution < 1.29 is 4.92 Å². The van der Waals surface area contributed by atoms with Crippen molar-refractivity contribution in [3.05, 3.63) is 33.9 Å². The standard InChI is InChI=1S/C15H25N3O2S/c1-5-8-16-14-7-6-13(9-15(14)18(19)20)10-17(3)12(2)11-21-4/h6-7,9,12,16H,5,8,10-11H2,1-4H3. The van der Waals surface area contributed by atoms with E-state index in [1.54, 1.807) is 6.07 Å². The van der Waals surface area contributed by atoms with Gasteiger partial charge in [0.15, 0.2) is 0 Å². The topological polar surface area (TPSA) is 58.4 Å². The molecule has 0 radical (unpaired) electrons. The fraction of sp³-hybridized carbons (Fsp3) is 0.600. The summed E-state index contributed by atoms with van der Waals surface area (Å²) in [6.45, 7) is 5.67. The summed E-state index contributed by atoms with van der Waals surface area (Å²) < 4.78 is 0. The maximum atomic E-state index is 11.2. The van der Waals surface area contributed by atoms with Gasteiger partial charge in [-0.25, -0.2) is 0 Å². The minimum Gasteiger partial charge on any atom is -0.380 e. The molecule has 0 amide bonds. The third-order valence-electron chi connectivity index (χ3n) is 3.42. The number of nitrogens with zero attached hydrogens (tertiary/aromatic N) is 2. The second-order valence-electron chi connectivity index (χ2n) is 5.25. The number of hydrogen-bond donors (Lipinski definition) is 1. The average Bonchev–Trinajstić information content (AvgIpc) is 2.45. The van der Waals surface area contributed by atoms with Crippen LogP contribution in [0.1, 0.15) is 25.8 Å². The van der Waals surface area contributed by atoms with Gasteiger partial charge in [-0.3, -0.25) is 15.0 Å². The number of thioether (sulfide) groups is 1. The van der Waals surface area contributed by atoms with Crippen molar-refractivity contribution in [3.63, 3.8) is 0 Å². The maximum Gasteiger partial charge on any atom is 0.292 e. The molecule has 0 aliphatic carbocycles. The van der Waals surface area contributed by atoms with E-state index >= 15 is 0 Å². The zero-order valence-electron chi connectivity index (χ0n) is 13.3. The first-order chi connectivity index (χ1) is 9.99. The number of hydrogen-bond acceptors (Lipinski definition) is 5. The van der Waals surface area contributed by atoms with Crippen LogP contribution in [0.5, 0.6) is 0 Å². The summed E-state index contributed by atoms with van der Waals surface area (Å²) in [6.07, 6.45) is 3.03. The molecule has 21 heavy (non-hydrogen) atoms. The molecular formula is C15H25N3O2S. The number of rotatable bonds is 9. The van der Waals surface area contributed by atoms with Crippen LogP contribution >= 0.6 is 11.8 Å². The molecule has 5 nitrogen and oxygen atoms in total. The van der Waals surface area contributed by atoms with E-state index in [9.17, 15) is 10.1 Å². The highest BCUT2D eigenvalue weighted by Gasteiger charge is 2.16. The van der Waals surface area contributed by atoms with E-state index in [4.69, 9.17) is 0 Å². The Balaban J connectivity index is 2.85. The molecule has 6 heteroatoms. The molecule has 0 aromatic heterocycles. The van der Waals surface area contributed by atoms with Crippen molar-refractivity contribution in [1.29, 1.82) is 0 Å². The zero-order chi connectivity index (χ0) is 15.8. The lowest BCUT2D eigenvalue weighted by Gasteiger charge is -2.24. The van der Waals surface area contributed by atoms with E-state index in [0.29, 0.717) is 11.7 Å². The van der Waals surface area contributed by atoms with Gasteiger partial charge in [0.25, 0.3) is 5.69 Å². The lowest BCUT2D eigenvalue weighted by molar-refractivity contribution is -0.384. The van der Waals surface area contributed by atoms with Gasteiger partial charge in [0.05, 0.1) is 4.92 Å². The third kappa shape index (κ3) is 5.55. The number of anilines is 1. The number of nitro groups is 1. The second kappa shape index (κ2) is 8.89. The van der Waals surface area contributed by atoms with Crippen LogP contribution < -0.4 is 5.32 Å². The minimum absolute atomic E-state index is 0.159. The first-order valence-electron chi connectivity index (χ1n) is 7.20. The highest BCUT2D eigenvalue weighted by Crippen LogP contribution is 2.26. The number of nitrogens with one attached hydrogen (secondary N) is 1. The summed E-state index contributed by atoms with van der Waals surface area (Å²) in [5.74, 6) is 1.05. The molecule has 0 aliphatic rings. The van der Waals surface area contributed by atoms with Gasteiger partial charge in [-0.05, 0) is 38.3 Å². The SMILES string of the molecule is CCCNc1ccc(CN(C)C(C)CSC)cc1[N+](=O)[O-]. The molecule has 1 unspecified atom stereocenters. The first-order valence-corrected chi connectivity index (χ1v) is 8.59. The molecule has 0 saturated carbocycles. The van der Waals surface area contributed by atoms with Crippen molar-refractivity contribution in [2.24, 2.45) is 0 Å². The lowest BCUT2D eigenvalue weighted by Crippen LogP contribution is -2.30. The fourth-order valence-electron chi connectivity index (χ4n) is 2.05. The zero-order valence-corrected chi connectivity index (χ0v) is 14.1. The predicted octanol–water partition coefficient (Wildman–Crippen LogP) is 3.60. The fourth-order valence-corrected chi connectivity index (χ4v) is 2.78. The molecule has 1 aromatic rings. The molecule has 1 N–H and O–H groups in total. The van der Waals surface area contributed by atoms with Crippen molar-refractivity contribution in [3.8, 4) is 0 Å². The van der Waals surface area contributed by atoms with Gasteiger partial charge in [-0.1, -0.05) is 13.0 Å². The molecule has 0 heterocycles. The van der Waals surface area contributed by atoms with Crippen LogP contribution in [0.2, 0.25) is 0 Å². The Bertz CT molecular complexity index is 468. The van der Waals surface area contributed by atoms with Crippen LogP contribution in [-0.4, -0.2) is 41.5 Å². The van der Waals surface area contributed by atoms with E-state index in [-0.39, 0.29) is 10.6 Å². The molecule has 0 fully saturated rings. The summed E-state index contributed by atoms with van der Waals surface area (Å²) >= 11 is 1.81. The van der Waals surface area contributed by atoms with E-state index in [1.165, 1.54) is 0 Å². The third-order valence-corrected chi connectivity index (χ3v) is 4.23. The minimum atomic E-state index is -0.313. The van der Waals surface area contributed by atoms with Gasteiger partial charge in [-0.15, -0.1) is 0 Å². The van der Waals surface area contributed by atoms with Gasteiger partial charge >= 0.3 is 0 Å². The lowest BCUT2D eigenvalue weighted by atomic mass is 10.1.